The molecule has 1 aromatic rings. The van der Waals surface area contributed by atoms with Gasteiger partial charge in [0, 0.05) is 13.2 Å². The Bertz CT molecular complexity index is 525. The minimum Gasteiger partial charge on any atom is -0.463 e. The van der Waals surface area contributed by atoms with Crippen LogP contribution in [0.3, 0.4) is 0 Å². The van der Waals surface area contributed by atoms with Gasteiger partial charge in [-0.15, -0.1) is 0 Å². The lowest BCUT2D eigenvalue weighted by molar-refractivity contribution is -0.137. The summed E-state index contributed by atoms with van der Waals surface area (Å²) in [7, 11) is 1.61. The van der Waals surface area contributed by atoms with Gasteiger partial charge >= 0.3 is 5.97 Å². The second-order valence-electron chi connectivity index (χ2n) is 3.67. The number of carbonyl (C=O) groups excluding carboxylic acids is 2. The third-order valence-electron chi connectivity index (χ3n) is 2.46. The number of nitrogens with zero attached hydrogens (tertiary/aromatic N) is 2. The topological polar surface area (TPSA) is 71.5 Å². The second kappa shape index (κ2) is 4.87. The summed E-state index contributed by atoms with van der Waals surface area (Å²) in [5.41, 5.74) is 0.853. The van der Waals surface area contributed by atoms with Gasteiger partial charge in [-0.05, 0) is 19.1 Å². The highest BCUT2D eigenvalue weighted by Gasteiger charge is 2.26. The Kier molecular flexibility index (Phi) is 3.27. The second-order valence-corrected chi connectivity index (χ2v) is 3.67. The van der Waals surface area contributed by atoms with Gasteiger partial charge in [0.15, 0.2) is 5.82 Å². The van der Waals surface area contributed by atoms with Gasteiger partial charge in [-0.3, -0.25) is 9.69 Å². The summed E-state index contributed by atoms with van der Waals surface area (Å²) in [5.74, 6) is -0.341. The molecule has 94 valence electrons. The molecule has 2 heterocycles. The lowest BCUT2D eigenvalue weighted by Gasteiger charge is -2.26. The van der Waals surface area contributed by atoms with E-state index in [1.165, 1.54) is 4.90 Å². The number of anilines is 2. The maximum Gasteiger partial charge on any atom is 0.333 e. The monoisotopic (exact) mass is 247 g/mol. The number of rotatable bonds is 2. The zero-order valence-corrected chi connectivity index (χ0v) is 10.1. The molecule has 6 nitrogen and oxygen atoms in total. The summed E-state index contributed by atoms with van der Waals surface area (Å²) in [6, 6.07) is 3.53. The Morgan fingerprint density at radius 1 is 1.61 bits per heavy atom. The van der Waals surface area contributed by atoms with Crippen LogP contribution in [-0.4, -0.2) is 30.5 Å². The van der Waals surface area contributed by atoms with E-state index in [0.29, 0.717) is 11.5 Å². The van der Waals surface area contributed by atoms with Crippen molar-refractivity contribution in [2.45, 2.75) is 6.92 Å². The molecule has 0 fully saturated rings. The summed E-state index contributed by atoms with van der Waals surface area (Å²) in [5, 5.41) is 2.87. The molecule has 18 heavy (non-hydrogen) atoms. The first-order chi connectivity index (χ1) is 8.63. The molecule has 0 spiro atoms. The first-order valence-corrected chi connectivity index (χ1v) is 5.52. The highest BCUT2D eigenvalue weighted by atomic mass is 16.5. The van der Waals surface area contributed by atoms with Crippen LogP contribution < -0.4 is 10.2 Å². The quantitative estimate of drug-likeness (QED) is 0.621. The van der Waals surface area contributed by atoms with E-state index in [-0.39, 0.29) is 18.2 Å². The third-order valence-corrected chi connectivity index (χ3v) is 2.46. The zero-order valence-electron chi connectivity index (χ0n) is 10.1. The predicted octanol–water partition coefficient (Wildman–Crippen LogP) is 0.917. The number of fused-ring (bicyclic) bond motifs is 1. The number of esters is 1. The molecule has 0 saturated heterocycles. The molecule has 0 bridgehead atoms. The third kappa shape index (κ3) is 2.17. The van der Waals surface area contributed by atoms with E-state index in [9.17, 15) is 9.59 Å². The highest BCUT2D eigenvalue weighted by molar-refractivity contribution is 6.13. The fourth-order valence-corrected chi connectivity index (χ4v) is 1.64. The van der Waals surface area contributed by atoms with Gasteiger partial charge in [-0.1, -0.05) is 0 Å². The van der Waals surface area contributed by atoms with Crippen LogP contribution in [0.4, 0.5) is 11.5 Å². The zero-order chi connectivity index (χ0) is 13.1. The molecule has 1 N–H and O–H groups in total. The van der Waals surface area contributed by atoms with E-state index in [4.69, 9.17) is 4.74 Å². The number of amides is 1. The molecule has 6 heteroatoms. The maximum atomic E-state index is 12.0. The van der Waals surface area contributed by atoms with Crippen molar-refractivity contribution in [2.75, 3.05) is 23.9 Å². The Hall–Kier alpha value is -2.37. The molecule has 1 aromatic heterocycles. The van der Waals surface area contributed by atoms with E-state index in [2.05, 4.69) is 10.3 Å². The van der Waals surface area contributed by atoms with Gasteiger partial charge < -0.3 is 10.1 Å². The van der Waals surface area contributed by atoms with Crippen molar-refractivity contribution in [1.29, 1.82) is 0 Å². The van der Waals surface area contributed by atoms with E-state index >= 15 is 0 Å². The molecule has 0 aromatic carbocycles. The number of nitrogens with one attached hydrogen (secondary N) is 1. The van der Waals surface area contributed by atoms with Crippen molar-refractivity contribution in [2.24, 2.45) is 0 Å². The molecule has 1 amide bonds. The lowest BCUT2D eigenvalue weighted by Crippen LogP contribution is -2.36. The average molecular weight is 247 g/mol. The van der Waals surface area contributed by atoms with Crippen LogP contribution in [0.1, 0.15) is 6.92 Å². The number of likely N-dealkylation sites (N-methyl/N-ethyl adjacent to an activating group) is 1. The van der Waals surface area contributed by atoms with E-state index in [1.807, 2.05) is 0 Å². The van der Waals surface area contributed by atoms with E-state index < -0.39 is 5.97 Å². The summed E-state index contributed by atoms with van der Waals surface area (Å²) < 4.78 is 4.77. The maximum absolute atomic E-state index is 12.0. The van der Waals surface area contributed by atoms with Crippen LogP contribution in [0.15, 0.2) is 30.1 Å². The molecule has 0 radical (unpaired) electrons. The van der Waals surface area contributed by atoms with Crippen LogP contribution in [0.25, 0.3) is 0 Å². The molecule has 0 unspecified atom stereocenters. The Labute approximate surface area is 104 Å². The Morgan fingerprint density at radius 2 is 2.39 bits per heavy atom. The molecule has 0 atom stereocenters. The summed E-state index contributed by atoms with van der Waals surface area (Å²) in [6.45, 7) is 1.97. The highest BCUT2D eigenvalue weighted by Crippen LogP contribution is 2.28. The van der Waals surface area contributed by atoms with Crippen molar-refractivity contribution in [1.82, 2.24) is 4.98 Å². The number of hydrogen-bond acceptors (Lipinski definition) is 5. The van der Waals surface area contributed by atoms with Crippen LogP contribution in [-0.2, 0) is 14.3 Å². The number of hydrogen-bond donors (Lipinski definition) is 1. The molecule has 1 aliphatic rings. The minimum atomic E-state index is -0.547. The van der Waals surface area contributed by atoms with Gasteiger partial charge in [-0.2, -0.15) is 0 Å². The van der Waals surface area contributed by atoms with Crippen LogP contribution in [0, 0.1) is 0 Å². The normalized spacial score (nSPS) is 16.2. The molecular weight excluding hydrogens is 234 g/mol. The first kappa shape index (κ1) is 12.1. The molecule has 1 aliphatic heterocycles. The average Bonchev–Trinajstić information content (AvgIpc) is 2.36. The van der Waals surface area contributed by atoms with Gasteiger partial charge in [0.25, 0.3) is 5.91 Å². The summed E-state index contributed by atoms with van der Waals surface area (Å²) in [6.07, 6.45) is 2.75. The van der Waals surface area contributed by atoms with Gasteiger partial charge in [-0.25, -0.2) is 9.78 Å². The van der Waals surface area contributed by atoms with Crippen molar-refractivity contribution < 1.29 is 14.3 Å². The van der Waals surface area contributed by atoms with Crippen LogP contribution >= 0.6 is 0 Å². The predicted molar refractivity (Wildman–Crippen MR) is 66.0 cm³/mol. The Balaban J connectivity index is 2.32. The largest absolute Gasteiger partial charge is 0.463 e. The standard InChI is InChI=1S/C12H13N3O3/c1-3-18-10(16)7-9-12(17)15(2)11-8(14-9)5-4-6-13-11/h4-7,14H,3H2,1-2H3/b9-7-. The van der Waals surface area contributed by atoms with Crippen LogP contribution in [0.5, 0.6) is 0 Å². The first-order valence-electron chi connectivity index (χ1n) is 5.52. The summed E-state index contributed by atoms with van der Waals surface area (Å²) in [4.78, 5) is 28.8. The number of aromatic nitrogens is 1. The number of ether oxygens (including phenoxy) is 1. The smallest absolute Gasteiger partial charge is 0.333 e. The molecule has 0 saturated carbocycles. The van der Waals surface area contributed by atoms with Crippen LogP contribution in [0.2, 0.25) is 0 Å². The van der Waals surface area contributed by atoms with E-state index in [0.717, 1.165) is 6.08 Å². The molecule has 0 aliphatic carbocycles. The fraction of sp³-hybridized carbons (Fsp3) is 0.250. The van der Waals surface area contributed by atoms with Crippen molar-refractivity contribution in [3.05, 3.63) is 30.1 Å². The Morgan fingerprint density at radius 3 is 3.11 bits per heavy atom. The minimum absolute atomic E-state index is 0.177. The van der Waals surface area contributed by atoms with Crippen molar-refractivity contribution in [3.8, 4) is 0 Å². The fourth-order valence-electron chi connectivity index (χ4n) is 1.64. The molecular formula is C12H13N3O3. The van der Waals surface area contributed by atoms with E-state index in [1.54, 1.807) is 32.3 Å². The van der Waals surface area contributed by atoms with Gasteiger partial charge in [0.05, 0.1) is 18.4 Å². The molecule has 2 rings (SSSR count). The van der Waals surface area contributed by atoms with Crippen molar-refractivity contribution >= 4 is 23.4 Å². The summed E-state index contributed by atoms with van der Waals surface area (Å²) >= 11 is 0. The number of pyridine rings is 1. The number of carbonyl (C=O) groups is 2. The van der Waals surface area contributed by atoms with Gasteiger partial charge in [0.1, 0.15) is 5.70 Å². The SMILES string of the molecule is CCOC(=O)/C=C1\Nc2cccnc2N(C)C1=O. The van der Waals surface area contributed by atoms with Crippen molar-refractivity contribution in [3.63, 3.8) is 0 Å². The lowest BCUT2D eigenvalue weighted by atomic mass is 10.2. The van der Waals surface area contributed by atoms with Gasteiger partial charge in [0.2, 0.25) is 0 Å².